The van der Waals surface area contributed by atoms with Crippen molar-refractivity contribution in [1.82, 2.24) is 15.1 Å². The van der Waals surface area contributed by atoms with E-state index in [1.165, 1.54) is 24.1 Å². The molecule has 2 aromatic rings. The molecular formula is C27H27F3N4O5. The number of benzene rings is 2. The Morgan fingerprint density at radius 1 is 1.10 bits per heavy atom. The maximum absolute atomic E-state index is 13.5. The number of halogens is 3. The molecule has 3 atom stereocenters. The fourth-order valence-electron chi connectivity index (χ4n) is 5.77. The summed E-state index contributed by atoms with van der Waals surface area (Å²) in [6, 6.07) is 8.54. The molecule has 5 rings (SSSR count). The van der Waals surface area contributed by atoms with E-state index in [4.69, 9.17) is 4.74 Å². The Kier molecular flexibility index (Phi) is 6.51. The number of ether oxygens (including phenoxy) is 1. The van der Waals surface area contributed by atoms with Crippen LogP contribution in [0.3, 0.4) is 0 Å². The number of rotatable bonds is 4. The molecule has 2 aliphatic heterocycles. The van der Waals surface area contributed by atoms with Crippen molar-refractivity contribution in [3.63, 3.8) is 0 Å². The number of hydrogen-bond donors (Lipinski definition) is 2. The number of alkyl halides is 3. The van der Waals surface area contributed by atoms with Crippen molar-refractivity contribution in [2.45, 2.75) is 56.5 Å². The summed E-state index contributed by atoms with van der Waals surface area (Å²) in [7, 11) is 1.48. The highest BCUT2D eigenvalue weighted by Gasteiger charge is 2.58. The number of amides is 5. The van der Waals surface area contributed by atoms with Gasteiger partial charge in [-0.25, -0.2) is 14.5 Å². The fraction of sp³-hybridized carbons (Fsp3) is 0.407. The predicted molar refractivity (Wildman–Crippen MR) is 132 cm³/mol. The lowest BCUT2D eigenvalue weighted by Gasteiger charge is -2.30. The van der Waals surface area contributed by atoms with Crippen LogP contribution in [0.15, 0.2) is 42.5 Å². The number of anilines is 1. The number of aryl methyl sites for hydroxylation is 1. The molecule has 2 saturated heterocycles. The zero-order chi connectivity index (χ0) is 28.1. The Hall–Kier alpha value is -4.09. The van der Waals surface area contributed by atoms with Gasteiger partial charge < -0.3 is 20.3 Å². The van der Waals surface area contributed by atoms with E-state index in [-0.39, 0.29) is 12.5 Å². The van der Waals surface area contributed by atoms with Gasteiger partial charge in [-0.3, -0.25) is 9.59 Å². The summed E-state index contributed by atoms with van der Waals surface area (Å²) in [5.74, 6) is -1.12. The summed E-state index contributed by atoms with van der Waals surface area (Å²) in [4.78, 5) is 53.8. The normalized spacial score (nSPS) is 24.2. The van der Waals surface area contributed by atoms with E-state index in [1.54, 1.807) is 18.2 Å². The monoisotopic (exact) mass is 544 g/mol. The first-order valence-corrected chi connectivity index (χ1v) is 12.6. The molecule has 2 heterocycles. The number of hydrogen-bond acceptors (Lipinski definition) is 5. The van der Waals surface area contributed by atoms with Crippen LogP contribution in [-0.2, 0) is 32.5 Å². The van der Waals surface area contributed by atoms with Crippen LogP contribution in [0.2, 0.25) is 0 Å². The molecule has 0 bridgehead atoms. The predicted octanol–water partition coefficient (Wildman–Crippen LogP) is 4.33. The van der Waals surface area contributed by atoms with Crippen molar-refractivity contribution < 1.29 is 37.1 Å². The van der Waals surface area contributed by atoms with Crippen LogP contribution in [0.25, 0.3) is 0 Å². The minimum Gasteiger partial charge on any atom is -0.427 e. The van der Waals surface area contributed by atoms with Crippen molar-refractivity contribution >= 4 is 29.6 Å². The quantitative estimate of drug-likeness (QED) is 0.596. The zero-order valence-electron chi connectivity index (χ0n) is 21.3. The maximum Gasteiger partial charge on any atom is 0.418 e. The summed E-state index contributed by atoms with van der Waals surface area (Å²) in [6.45, 7) is 1.29. The van der Waals surface area contributed by atoms with Gasteiger partial charge in [0.05, 0.1) is 11.6 Å². The van der Waals surface area contributed by atoms with Gasteiger partial charge in [-0.2, -0.15) is 13.2 Å². The van der Waals surface area contributed by atoms with Crippen molar-refractivity contribution in [3.05, 3.63) is 64.7 Å². The van der Waals surface area contributed by atoms with Crippen LogP contribution in [-0.4, -0.2) is 53.4 Å². The van der Waals surface area contributed by atoms with Gasteiger partial charge in [0.25, 0.3) is 5.91 Å². The second-order valence-corrected chi connectivity index (χ2v) is 10.0. The van der Waals surface area contributed by atoms with Gasteiger partial charge in [-0.1, -0.05) is 18.2 Å². The second kappa shape index (κ2) is 9.58. The van der Waals surface area contributed by atoms with E-state index < -0.39 is 53.9 Å². The number of nitrogens with one attached hydrogen (secondary N) is 2. The van der Waals surface area contributed by atoms with Gasteiger partial charge in [-0.15, -0.1) is 0 Å². The second-order valence-electron chi connectivity index (χ2n) is 10.0. The molecule has 0 unspecified atom stereocenters. The SMILES string of the molecule is CNC(=O)Nc1ccc2c(c1)CC[C@@]21OC(=O)N(CC(=O)N2[C@H](C)CC[C@@H]2c2ccc(C(F)(F)F)cc2)C1=O. The molecule has 1 aliphatic carbocycles. The van der Waals surface area contributed by atoms with Crippen LogP contribution < -0.4 is 10.6 Å². The van der Waals surface area contributed by atoms with E-state index in [9.17, 15) is 32.3 Å². The average molecular weight is 545 g/mol. The molecule has 2 fully saturated rings. The highest BCUT2D eigenvalue weighted by Crippen LogP contribution is 2.46. The number of carbonyl (C=O) groups is 4. The molecule has 2 aromatic carbocycles. The number of likely N-dealkylation sites (tertiary alicyclic amines) is 1. The number of fused-ring (bicyclic) bond motifs is 2. The number of carbonyl (C=O) groups excluding carboxylic acids is 4. The first kappa shape index (κ1) is 26.5. The topological polar surface area (TPSA) is 108 Å². The largest absolute Gasteiger partial charge is 0.427 e. The van der Waals surface area contributed by atoms with Gasteiger partial charge >= 0.3 is 18.3 Å². The molecule has 5 amide bonds. The van der Waals surface area contributed by atoms with Crippen molar-refractivity contribution in [3.8, 4) is 0 Å². The van der Waals surface area contributed by atoms with Crippen molar-refractivity contribution in [1.29, 1.82) is 0 Å². The summed E-state index contributed by atoms with van der Waals surface area (Å²) >= 11 is 0. The van der Waals surface area contributed by atoms with Gasteiger partial charge in [0.1, 0.15) is 6.54 Å². The van der Waals surface area contributed by atoms with Gasteiger partial charge in [0.2, 0.25) is 11.5 Å². The number of imide groups is 1. The maximum atomic E-state index is 13.5. The minimum atomic E-state index is -4.47. The Labute approximate surface area is 222 Å². The molecule has 9 nitrogen and oxygen atoms in total. The summed E-state index contributed by atoms with van der Waals surface area (Å²) in [5, 5.41) is 5.11. The molecule has 0 radical (unpaired) electrons. The van der Waals surface area contributed by atoms with Gasteiger partial charge in [-0.05, 0) is 61.6 Å². The molecular weight excluding hydrogens is 517 g/mol. The van der Waals surface area contributed by atoms with Crippen LogP contribution in [0.4, 0.5) is 28.4 Å². The average Bonchev–Trinajstić information content (AvgIpc) is 3.53. The zero-order valence-corrected chi connectivity index (χ0v) is 21.3. The van der Waals surface area contributed by atoms with E-state index in [2.05, 4.69) is 10.6 Å². The first-order valence-electron chi connectivity index (χ1n) is 12.6. The highest BCUT2D eigenvalue weighted by atomic mass is 19.4. The summed E-state index contributed by atoms with van der Waals surface area (Å²) in [6.07, 6.45) is -3.59. The molecule has 2 N–H and O–H groups in total. The highest BCUT2D eigenvalue weighted by molar-refractivity contribution is 6.06. The third-order valence-electron chi connectivity index (χ3n) is 7.72. The molecule has 0 saturated carbocycles. The number of urea groups is 1. The lowest BCUT2D eigenvalue weighted by Crippen LogP contribution is -2.46. The van der Waals surface area contributed by atoms with Gasteiger partial charge in [0, 0.05) is 30.8 Å². The minimum absolute atomic E-state index is 0.204. The van der Waals surface area contributed by atoms with E-state index in [1.807, 2.05) is 6.92 Å². The third kappa shape index (κ3) is 4.57. The fourth-order valence-corrected chi connectivity index (χ4v) is 5.77. The Morgan fingerprint density at radius 2 is 1.82 bits per heavy atom. The molecule has 3 aliphatic rings. The lowest BCUT2D eigenvalue weighted by atomic mass is 9.94. The molecule has 39 heavy (non-hydrogen) atoms. The lowest BCUT2D eigenvalue weighted by molar-refractivity contribution is -0.143. The van der Waals surface area contributed by atoms with Crippen molar-refractivity contribution in [2.24, 2.45) is 0 Å². The van der Waals surface area contributed by atoms with Crippen LogP contribution in [0.5, 0.6) is 0 Å². The molecule has 0 aromatic heterocycles. The Balaban J connectivity index is 1.34. The Bertz CT molecular complexity index is 1350. The van der Waals surface area contributed by atoms with E-state index in [0.29, 0.717) is 36.1 Å². The third-order valence-corrected chi connectivity index (χ3v) is 7.72. The van der Waals surface area contributed by atoms with Crippen LogP contribution in [0.1, 0.15) is 54.5 Å². The molecule has 12 heteroatoms. The molecule has 206 valence electrons. The van der Waals surface area contributed by atoms with Crippen molar-refractivity contribution in [2.75, 3.05) is 18.9 Å². The summed E-state index contributed by atoms with van der Waals surface area (Å²) in [5.41, 5.74) is 0.00919. The molecule has 1 spiro atoms. The summed E-state index contributed by atoms with van der Waals surface area (Å²) < 4.78 is 44.6. The standard InChI is InChI=1S/C27H27F3N4O5/c1-15-3-10-21(16-4-6-18(7-5-16)27(28,29)30)34(15)22(35)14-33-23(36)26(39-25(33)38)12-11-17-13-19(8-9-20(17)26)32-24(37)31-2/h4-9,13,15,21H,3,10-12,14H2,1-2H3,(H2,31,32,37)/t15-,21-,26-/m1/s1. The smallest absolute Gasteiger partial charge is 0.418 e. The van der Waals surface area contributed by atoms with Gasteiger partial charge in [0.15, 0.2) is 0 Å². The van der Waals surface area contributed by atoms with E-state index >= 15 is 0 Å². The Morgan fingerprint density at radius 3 is 2.49 bits per heavy atom. The van der Waals surface area contributed by atoms with Crippen LogP contribution in [0, 0.1) is 0 Å². The van der Waals surface area contributed by atoms with E-state index in [0.717, 1.165) is 22.6 Å². The number of nitrogens with zero attached hydrogens (tertiary/aromatic N) is 2. The van der Waals surface area contributed by atoms with Crippen LogP contribution >= 0.6 is 0 Å². The first-order chi connectivity index (χ1) is 18.4.